The maximum atomic E-state index is 14.5. The van der Waals surface area contributed by atoms with E-state index in [-0.39, 0.29) is 42.8 Å². The molecule has 0 aromatic heterocycles. The molecule has 0 aliphatic carbocycles. The third-order valence-corrected chi connectivity index (χ3v) is 12.1. The molecule has 2 aliphatic rings. The molecule has 24 nitrogen and oxygen atoms in total. The number of nitrogens with one attached hydrogen (secondary N) is 3. The van der Waals surface area contributed by atoms with Gasteiger partial charge in [0.25, 0.3) is 11.8 Å². The van der Waals surface area contributed by atoms with Crippen molar-refractivity contribution in [1.82, 2.24) is 25.8 Å². The minimum Gasteiger partial charge on any atom is -0.480 e. The van der Waals surface area contributed by atoms with E-state index in [2.05, 4.69) is 34.9 Å². The average Bonchev–Trinajstić information content (AvgIpc) is 3.60. The second-order valence-corrected chi connectivity index (χ2v) is 17.3. The van der Waals surface area contributed by atoms with Gasteiger partial charge in [-0.15, -0.1) is 11.8 Å². The molecule has 2 heterocycles. The molecular weight excluding hydrogens is 947 g/mol. The van der Waals surface area contributed by atoms with E-state index in [0.29, 0.717) is 12.0 Å². The zero-order valence-electron chi connectivity index (χ0n) is 38.5. The highest BCUT2D eigenvalue weighted by Crippen LogP contribution is 2.51. The number of hydrogen-bond donors (Lipinski definition) is 4. The number of nitrogens with zero attached hydrogens (tertiary/aromatic N) is 2. The predicted octanol–water partition coefficient (Wildman–Crippen LogP) is 3.80. The van der Waals surface area contributed by atoms with Crippen LogP contribution in [0.15, 0.2) is 66.7 Å². The van der Waals surface area contributed by atoms with E-state index in [4.69, 9.17) is 18.9 Å². The second-order valence-electron chi connectivity index (χ2n) is 15.5. The third-order valence-electron chi connectivity index (χ3n) is 10.5. The molecule has 2 fully saturated rings. The number of methoxy groups -OCH3 is 4. The highest BCUT2D eigenvalue weighted by molar-refractivity contribution is 8.01. The number of ether oxygens (including phenoxy) is 8. The summed E-state index contributed by atoms with van der Waals surface area (Å²) in [5, 5.41) is 17.1. The zero-order chi connectivity index (χ0) is 51.3. The molecule has 4 N–H and O–H groups in total. The number of benzene rings is 3. The number of carbonyl (C=O) groups excluding carboxylic acids is 9. The van der Waals surface area contributed by atoms with Crippen molar-refractivity contribution in [3.63, 3.8) is 0 Å². The fourth-order valence-corrected chi connectivity index (χ4v) is 8.92. The Labute approximate surface area is 403 Å². The maximum Gasteiger partial charge on any atom is 0.513 e. The third kappa shape index (κ3) is 12.7. The number of carboxylic acid groups (broad SMARTS) is 1. The molecule has 70 heavy (non-hydrogen) atoms. The number of para-hydroxylation sites is 2. The molecule has 0 saturated carbocycles. The number of unbranched alkanes of at least 4 members (excludes halogenated alkanes) is 2. The van der Waals surface area contributed by atoms with Crippen molar-refractivity contribution < 1.29 is 90.9 Å². The molecule has 2 saturated heterocycles. The van der Waals surface area contributed by atoms with Crippen molar-refractivity contribution >= 4 is 71.9 Å². The Morgan fingerprint density at radius 1 is 0.714 bits per heavy atom. The lowest BCUT2D eigenvalue weighted by Gasteiger charge is -2.44. The summed E-state index contributed by atoms with van der Waals surface area (Å²) in [6, 6.07) is 12.0. The molecule has 4 unspecified atom stereocenters. The number of rotatable bonds is 19. The highest BCUT2D eigenvalue weighted by Gasteiger charge is 2.64. The lowest BCUT2D eigenvalue weighted by Crippen LogP contribution is -2.71. The van der Waals surface area contributed by atoms with Gasteiger partial charge in [0.1, 0.15) is 23.5 Å². The van der Waals surface area contributed by atoms with Crippen LogP contribution in [0, 0.1) is 0 Å². The van der Waals surface area contributed by atoms with Gasteiger partial charge in [0.2, 0.25) is 17.7 Å². The second kappa shape index (κ2) is 23.8. The van der Waals surface area contributed by atoms with Crippen molar-refractivity contribution in [1.29, 1.82) is 0 Å². The Kier molecular flexibility index (Phi) is 18.0. The number of β-lactam (4-membered cyclic amide) rings is 1. The van der Waals surface area contributed by atoms with E-state index in [9.17, 15) is 53.1 Å². The Hall–Kier alpha value is -8.09. The number of aliphatic carboxylic acids is 1. The molecular formula is C45H49N5O19S. The van der Waals surface area contributed by atoms with Crippen LogP contribution in [0.2, 0.25) is 0 Å². The molecule has 374 valence electrons. The van der Waals surface area contributed by atoms with Gasteiger partial charge in [0, 0.05) is 17.8 Å². The monoisotopic (exact) mass is 995 g/mol. The van der Waals surface area contributed by atoms with Crippen LogP contribution in [0.5, 0.6) is 23.0 Å². The van der Waals surface area contributed by atoms with Crippen LogP contribution in [-0.4, -0.2) is 145 Å². The number of carboxylic acids is 1. The van der Waals surface area contributed by atoms with E-state index in [1.54, 1.807) is 44.2 Å². The number of carbonyl (C=O) groups is 10. The van der Waals surface area contributed by atoms with Crippen LogP contribution < -0.4 is 34.9 Å². The fourth-order valence-electron chi connectivity index (χ4n) is 7.30. The number of amides is 5. The molecule has 2 aliphatic heterocycles. The normalized spacial score (nSPS) is 16.6. The van der Waals surface area contributed by atoms with Gasteiger partial charge in [-0.05, 0) is 62.9 Å². The Morgan fingerprint density at radius 3 is 1.81 bits per heavy atom. The summed E-state index contributed by atoms with van der Waals surface area (Å²) >= 11 is 1.21. The van der Waals surface area contributed by atoms with E-state index in [1.165, 1.54) is 53.1 Å². The Morgan fingerprint density at radius 2 is 1.26 bits per heavy atom. The van der Waals surface area contributed by atoms with E-state index in [0.717, 1.165) is 33.3 Å². The van der Waals surface area contributed by atoms with Crippen LogP contribution in [-0.2, 0) is 38.1 Å². The van der Waals surface area contributed by atoms with Gasteiger partial charge in [-0.2, -0.15) is 0 Å². The first-order valence-corrected chi connectivity index (χ1v) is 22.0. The van der Waals surface area contributed by atoms with Gasteiger partial charge in [0.15, 0.2) is 23.0 Å². The van der Waals surface area contributed by atoms with Gasteiger partial charge < -0.3 is 68.8 Å². The Balaban J connectivity index is 1.35. The van der Waals surface area contributed by atoms with Gasteiger partial charge in [0.05, 0.1) is 46.1 Å². The lowest BCUT2D eigenvalue weighted by molar-refractivity contribution is -0.161. The van der Waals surface area contributed by atoms with Gasteiger partial charge in [-0.25, -0.2) is 24.0 Å². The summed E-state index contributed by atoms with van der Waals surface area (Å²) in [6.45, 7) is 2.50. The van der Waals surface area contributed by atoms with Crippen molar-refractivity contribution in [3.8, 4) is 23.0 Å². The van der Waals surface area contributed by atoms with Crippen LogP contribution in [0.4, 0.5) is 19.2 Å². The molecule has 25 heteroatoms. The summed E-state index contributed by atoms with van der Waals surface area (Å²) in [4.78, 5) is 132. The largest absolute Gasteiger partial charge is 0.513 e. The van der Waals surface area contributed by atoms with E-state index < -0.39 is 112 Å². The van der Waals surface area contributed by atoms with Gasteiger partial charge in [-0.1, -0.05) is 42.5 Å². The van der Waals surface area contributed by atoms with Crippen molar-refractivity contribution in [2.24, 2.45) is 0 Å². The lowest BCUT2D eigenvalue weighted by atomic mass is 9.95. The van der Waals surface area contributed by atoms with Crippen LogP contribution in [0.3, 0.4) is 0 Å². The van der Waals surface area contributed by atoms with Crippen LogP contribution >= 0.6 is 11.8 Å². The predicted molar refractivity (Wildman–Crippen MR) is 240 cm³/mol. The quantitative estimate of drug-likeness (QED) is 0.0436. The van der Waals surface area contributed by atoms with Crippen LogP contribution in [0.25, 0.3) is 0 Å². The van der Waals surface area contributed by atoms with E-state index >= 15 is 0 Å². The topological polar surface area (TPSA) is 307 Å². The maximum absolute atomic E-state index is 14.5. The first-order valence-electron chi connectivity index (χ1n) is 21.1. The number of fused-ring (bicyclic) bond motifs is 1. The minimum absolute atomic E-state index is 0.0278. The highest BCUT2D eigenvalue weighted by atomic mass is 32.2. The molecule has 3 aromatic rings. The summed E-state index contributed by atoms with van der Waals surface area (Å²) in [7, 11) is 4.10. The number of thioether (sulfide) groups is 1. The van der Waals surface area contributed by atoms with Gasteiger partial charge >= 0.3 is 30.6 Å². The summed E-state index contributed by atoms with van der Waals surface area (Å²) in [5.41, 5.74) is -0.264. The minimum atomic E-state index is -1.42. The summed E-state index contributed by atoms with van der Waals surface area (Å²) in [5.74, 6) is -6.86. The summed E-state index contributed by atoms with van der Waals surface area (Å²) in [6.07, 6.45) is -4.12. The van der Waals surface area contributed by atoms with Crippen molar-refractivity contribution in [2.75, 3.05) is 48.1 Å². The molecule has 0 spiro atoms. The van der Waals surface area contributed by atoms with Crippen LogP contribution in [0.1, 0.15) is 65.4 Å². The molecule has 0 bridgehead atoms. The number of hydrogen-bond acceptors (Lipinski definition) is 19. The first kappa shape index (κ1) is 52.9. The smallest absolute Gasteiger partial charge is 0.480 e. The van der Waals surface area contributed by atoms with Crippen molar-refractivity contribution in [3.05, 3.63) is 83.4 Å². The van der Waals surface area contributed by atoms with Gasteiger partial charge in [-0.3, -0.25) is 24.0 Å². The first-order chi connectivity index (χ1) is 33.3. The fraction of sp³-hybridized carbons (Fsp3) is 0.378. The summed E-state index contributed by atoms with van der Waals surface area (Å²) < 4.78 is 37.8. The van der Waals surface area contributed by atoms with E-state index in [1.807, 2.05) is 0 Å². The zero-order valence-corrected chi connectivity index (χ0v) is 39.3. The molecule has 5 amide bonds. The molecule has 0 radical (unpaired) electrons. The standard InChI is InChI=1S/C45H49N5O19S/c1-45(2)34(40(56)57)50-38(55)31(39(50)70-45)48-36(53)30(24-15-9-7-10-16-24)47-29(51)23-49(37(54)26-18-14-20-28(67-42(59)63-4)33(26)69-44(61)65-6)22-12-8-11-21-46-35(52)25-17-13-19-27(66-41(58)62-3)32(25)68-43(60)64-5/h7,9-10,13-20,30-31,34,39H,8,11-12,21-23H2,1-6H3,(H,46,52)(H,47,51)(H,48,53)(H,56,57). The Bertz CT molecular complexity index is 2500. The SMILES string of the molecule is COC(=O)Oc1cccc(C(=O)NCCCCCN(CC(=O)NC(C(=O)NC2C(=O)N3C2SC(C)(C)C3C(=O)O)c2ccccc2)C(=O)c2cccc(OC(=O)OC)c2OC(=O)OC)c1OC(=O)OC. The average molecular weight is 996 g/mol. The molecule has 4 atom stereocenters. The molecule has 5 rings (SSSR count). The van der Waals surface area contributed by atoms with Crippen molar-refractivity contribution in [2.45, 2.75) is 61.4 Å². The molecule has 3 aromatic carbocycles.